The maximum atomic E-state index is 3.39. The predicted octanol–water partition coefficient (Wildman–Crippen LogP) is 11.9. The molecule has 0 heterocycles. The molecular formula is C38H63P. The molecule has 1 atom stereocenters. The average molecular weight is 551 g/mol. The second kappa shape index (κ2) is 18.3. The molecule has 0 aliphatic rings. The lowest BCUT2D eigenvalue weighted by Crippen LogP contribution is -2.23. The van der Waals surface area contributed by atoms with E-state index in [0.717, 1.165) is 0 Å². The van der Waals surface area contributed by atoms with E-state index in [2.05, 4.69) is 82.0 Å². The van der Waals surface area contributed by atoms with Crippen molar-refractivity contribution in [2.24, 2.45) is 0 Å². The number of unbranched alkanes of at least 4 members (excludes halogenated alkanes) is 6. The number of hydrogen-bond acceptors (Lipinski definition) is 0. The fourth-order valence-corrected chi connectivity index (χ4v) is 6.95. The van der Waals surface area contributed by atoms with Crippen molar-refractivity contribution in [3.8, 4) is 0 Å². The Bertz CT molecular complexity index is 890. The van der Waals surface area contributed by atoms with E-state index < -0.39 is 0 Å². The Labute approximate surface area is 246 Å². The molecule has 0 aliphatic heterocycles. The summed E-state index contributed by atoms with van der Waals surface area (Å²) in [5, 5.41) is -0.0688. The Balaban J connectivity index is 2.79. The summed E-state index contributed by atoms with van der Waals surface area (Å²) in [6, 6.07) is 10.1. The van der Waals surface area contributed by atoms with E-state index >= 15 is 0 Å². The van der Waals surface area contributed by atoms with Gasteiger partial charge in [-0.05, 0) is 128 Å². The van der Waals surface area contributed by atoms with Gasteiger partial charge in [0.15, 0.2) is 0 Å². The predicted molar refractivity (Wildman–Crippen MR) is 181 cm³/mol. The molecule has 39 heavy (non-hydrogen) atoms. The third kappa shape index (κ3) is 9.45. The largest absolute Gasteiger partial charge is 0.122 e. The summed E-state index contributed by atoms with van der Waals surface area (Å²) in [6.07, 6.45) is 22.7. The van der Waals surface area contributed by atoms with Gasteiger partial charge in [-0.25, -0.2) is 0 Å². The third-order valence-electron chi connectivity index (χ3n) is 8.90. The smallest absolute Gasteiger partial charge is 0.0322 e. The second-order valence-electron chi connectivity index (χ2n) is 12.3. The summed E-state index contributed by atoms with van der Waals surface area (Å²) >= 11 is 0. The van der Waals surface area contributed by atoms with Gasteiger partial charge >= 0.3 is 0 Å². The van der Waals surface area contributed by atoms with Gasteiger partial charge < -0.3 is 0 Å². The van der Waals surface area contributed by atoms with Crippen LogP contribution in [0.3, 0.4) is 0 Å². The molecular weight excluding hydrogens is 487 g/mol. The number of benzene rings is 2. The molecule has 1 unspecified atom stereocenters. The van der Waals surface area contributed by atoms with Crippen LogP contribution in [0.2, 0.25) is 0 Å². The van der Waals surface area contributed by atoms with Crippen molar-refractivity contribution < 1.29 is 0 Å². The molecule has 2 aromatic carbocycles. The van der Waals surface area contributed by atoms with E-state index in [1.165, 1.54) is 116 Å². The number of rotatable bonds is 20. The van der Waals surface area contributed by atoms with E-state index in [1.54, 1.807) is 44.5 Å². The first-order valence-electron chi connectivity index (χ1n) is 17.0. The number of hydrogen-bond donors (Lipinski definition) is 0. The summed E-state index contributed by atoms with van der Waals surface area (Å²) in [4.78, 5) is 0. The van der Waals surface area contributed by atoms with E-state index in [4.69, 9.17) is 0 Å². The highest BCUT2D eigenvalue weighted by atomic mass is 31.0. The minimum atomic E-state index is -0.0688. The molecule has 0 nitrogen and oxygen atoms in total. The van der Waals surface area contributed by atoms with Gasteiger partial charge in [0.25, 0.3) is 0 Å². The van der Waals surface area contributed by atoms with Crippen LogP contribution in [0.4, 0.5) is 0 Å². The highest BCUT2D eigenvalue weighted by molar-refractivity contribution is 7.18. The standard InChI is InChI=1S/C38H63P/c1-8-14-20-30-26-28-36(34(24-18-12-5)32(30)22-16-10-3)38(7,39)37-29-27-31(21-15-9-2)33(23-17-11-4)35(37)25-19-13-6/h26-29H,8-25,39H2,1-7H3. The molecule has 2 rings (SSSR count). The van der Waals surface area contributed by atoms with Gasteiger partial charge in [-0.2, -0.15) is 0 Å². The summed E-state index contributed by atoms with van der Waals surface area (Å²) in [5.41, 5.74) is 13.2. The Kier molecular flexibility index (Phi) is 16.0. The van der Waals surface area contributed by atoms with Gasteiger partial charge in [0.1, 0.15) is 0 Å². The van der Waals surface area contributed by atoms with Crippen LogP contribution in [0.25, 0.3) is 0 Å². The molecule has 0 N–H and O–H groups in total. The van der Waals surface area contributed by atoms with Gasteiger partial charge in [0.2, 0.25) is 0 Å². The normalized spacial score (nSPS) is 11.9. The lowest BCUT2D eigenvalue weighted by molar-refractivity contribution is 0.698. The van der Waals surface area contributed by atoms with E-state index in [9.17, 15) is 0 Å². The van der Waals surface area contributed by atoms with E-state index in [0.29, 0.717) is 0 Å². The Hall–Kier alpha value is -1.13. The van der Waals surface area contributed by atoms with Crippen LogP contribution < -0.4 is 0 Å². The number of aryl methyl sites for hydroxylation is 2. The van der Waals surface area contributed by atoms with Gasteiger partial charge in [0, 0.05) is 5.16 Å². The molecule has 0 fully saturated rings. The van der Waals surface area contributed by atoms with Gasteiger partial charge in [-0.15, -0.1) is 9.24 Å². The first kappa shape index (κ1) is 34.1. The zero-order valence-electron chi connectivity index (χ0n) is 27.1. The Morgan fingerprint density at radius 3 is 1.03 bits per heavy atom. The fraction of sp³-hybridized carbons (Fsp3) is 0.684. The molecule has 0 saturated heterocycles. The maximum absolute atomic E-state index is 3.39. The maximum Gasteiger partial charge on any atom is 0.0322 e. The summed E-state index contributed by atoms with van der Waals surface area (Å²) in [5.74, 6) is 0. The van der Waals surface area contributed by atoms with Crippen molar-refractivity contribution in [2.45, 2.75) is 169 Å². The second-order valence-corrected chi connectivity index (χ2v) is 13.4. The van der Waals surface area contributed by atoms with Crippen LogP contribution in [0, 0.1) is 0 Å². The van der Waals surface area contributed by atoms with Crippen molar-refractivity contribution >= 4 is 9.24 Å². The van der Waals surface area contributed by atoms with Crippen LogP contribution >= 0.6 is 9.24 Å². The molecule has 1 heteroatoms. The molecule has 0 saturated carbocycles. The van der Waals surface area contributed by atoms with Crippen molar-refractivity contribution in [3.05, 3.63) is 68.8 Å². The highest BCUT2D eigenvalue weighted by Gasteiger charge is 2.31. The third-order valence-corrected chi connectivity index (χ3v) is 9.52. The van der Waals surface area contributed by atoms with Crippen molar-refractivity contribution in [1.82, 2.24) is 0 Å². The topological polar surface area (TPSA) is 0 Å². The summed E-state index contributed by atoms with van der Waals surface area (Å²) < 4.78 is 0. The molecule has 0 aromatic heterocycles. The monoisotopic (exact) mass is 550 g/mol. The van der Waals surface area contributed by atoms with Gasteiger partial charge in [-0.1, -0.05) is 104 Å². The molecule has 220 valence electrons. The molecule has 2 aromatic rings. The van der Waals surface area contributed by atoms with Gasteiger partial charge in [-0.3, -0.25) is 0 Å². The van der Waals surface area contributed by atoms with Crippen LogP contribution in [-0.2, 0) is 43.7 Å². The lowest BCUT2D eigenvalue weighted by atomic mass is 9.77. The molecule has 0 spiro atoms. The first-order chi connectivity index (χ1) is 18.9. The van der Waals surface area contributed by atoms with E-state index in [-0.39, 0.29) is 5.16 Å². The lowest BCUT2D eigenvalue weighted by Gasteiger charge is -2.34. The zero-order valence-corrected chi connectivity index (χ0v) is 28.3. The SMILES string of the molecule is CCCCc1ccc(C(C)(P)c2ccc(CCCC)c(CCCC)c2CCCC)c(CCCC)c1CCCC. The van der Waals surface area contributed by atoms with Crippen LogP contribution in [0.5, 0.6) is 0 Å². The highest BCUT2D eigenvalue weighted by Crippen LogP contribution is 2.45. The van der Waals surface area contributed by atoms with Crippen LogP contribution in [-0.4, -0.2) is 0 Å². The van der Waals surface area contributed by atoms with Crippen molar-refractivity contribution in [1.29, 1.82) is 0 Å². The molecule has 0 bridgehead atoms. The first-order valence-corrected chi connectivity index (χ1v) is 17.6. The molecule has 0 aliphatic carbocycles. The van der Waals surface area contributed by atoms with Crippen molar-refractivity contribution in [3.63, 3.8) is 0 Å². The summed E-state index contributed by atoms with van der Waals surface area (Å²) in [7, 11) is 3.39. The van der Waals surface area contributed by atoms with E-state index in [1.807, 2.05) is 0 Å². The van der Waals surface area contributed by atoms with Crippen LogP contribution in [0.1, 0.15) is 170 Å². The fourth-order valence-electron chi connectivity index (χ4n) is 6.41. The quantitative estimate of drug-likeness (QED) is 0.144. The Morgan fingerprint density at radius 1 is 0.436 bits per heavy atom. The molecule has 0 amide bonds. The average Bonchev–Trinajstić information content (AvgIpc) is 2.94. The zero-order chi connectivity index (χ0) is 28.7. The Morgan fingerprint density at radius 2 is 0.718 bits per heavy atom. The minimum absolute atomic E-state index is 0.0688. The van der Waals surface area contributed by atoms with Crippen molar-refractivity contribution in [2.75, 3.05) is 0 Å². The molecule has 0 radical (unpaired) electrons. The summed E-state index contributed by atoms with van der Waals surface area (Å²) in [6.45, 7) is 16.6. The van der Waals surface area contributed by atoms with Crippen LogP contribution in [0.15, 0.2) is 24.3 Å². The van der Waals surface area contributed by atoms with Gasteiger partial charge in [0.05, 0.1) is 0 Å². The minimum Gasteiger partial charge on any atom is -0.122 e.